The number of sulfonamides is 1. The molecule has 1 unspecified atom stereocenters. The zero-order valence-electron chi connectivity index (χ0n) is 12.6. The van der Waals surface area contributed by atoms with Crippen LogP contribution in [-0.4, -0.2) is 36.9 Å². The van der Waals surface area contributed by atoms with Crippen LogP contribution < -0.4 is 4.74 Å². The molecule has 0 radical (unpaired) electrons. The number of benzene rings is 1. The van der Waals surface area contributed by atoms with Gasteiger partial charge < -0.3 is 4.74 Å². The number of ether oxygens (including phenoxy) is 1. The summed E-state index contributed by atoms with van der Waals surface area (Å²) in [6.45, 7) is 2.73. The van der Waals surface area contributed by atoms with Gasteiger partial charge in [0.15, 0.2) is 0 Å². The van der Waals surface area contributed by atoms with Crippen LogP contribution in [0.2, 0.25) is 0 Å². The van der Waals surface area contributed by atoms with E-state index >= 15 is 0 Å². The van der Waals surface area contributed by atoms with Gasteiger partial charge in [-0.15, -0.1) is 0 Å². The van der Waals surface area contributed by atoms with Crippen LogP contribution in [0, 0.1) is 6.92 Å². The second-order valence-electron chi connectivity index (χ2n) is 5.52. The molecule has 0 spiro atoms. The van der Waals surface area contributed by atoms with E-state index in [9.17, 15) is 8.42 Å². The number of aromatic nitrogens is 1. The van der Waals surface area contributed by atoms with Gasteiger partial charge in [-0.3, -0.25) is 0 Å². The molecule has 1 aliphatic heterocycles. The SMILES string of the molecule is Cc1ccc(S(=O)(=O)N2CCC(Oc3ccc(Br)cn3)C2)cc1. The maximum atomic E-state index is 12.6. The first-order valence-corrected chi connectivity index (χ1v) is 9.53. The van der Waals surface area contributed by atoms with Crippen LogP contribution in [0.15, 0.2) is 52.0 Å². The van der Waals surface area contributed by atoms with Gasteiger partial charge in [0.2, 0.25) is 15.9 Å². The highest BCUT2D eigenvalue weighted by molar-refractivity contribution is 9.10. The molecular formula is C16H17BrN2O3S. The van der Waals surface area contributed by atoms with Crippen molar-refractivity contribution in [1.82, 2.24) is 9.29 Å². The standard InChI is InChI=1S/C16H17BrN2O3S/c1-12-2-5-15(6-3-12)23(20,21)19-9-8-14(11-19)22-16-7-4-13(17)10-18-16/h2-7,10,14H,8-9,11H2,1H3. The van der Waals surface area contributed by atoms with E-state index in [2.05, 4.69) is 20.9 Å². The molecule has 0 saturated carbocycles. The minimum atomic E-state index is -3.46. The zero-order chi connectivity index (χ0) is 16.4. The van der Waals surface area contributed by atoms with Crippen molar-refractivity contribution >= 4 is 26.0 Å². The van der Waals surface area contributed by atoms with E-state index in [0.717, 1.165) is 10.0 Å². The largest absolute Gasteiger partial charge is 0.473 e. The summed E-state index contributed by atoms with van der Waals surface area (Å²) in [5.41, 5.74) is 1.04. The molecule has 23 heavy (non-hydrogen) atoms. The van der Waals surface area contributed by atoms with Gasteiger partial charge in [0.25, 0.3) is 0 Å². The topological polar surface area (TPSA) is 59.5 Å². The summed E-state index contributed by atoms with van der Waals surface area (Å²) in [5, 5.41) is 0. The first-order chi connectivity index (χ1) is 10.9. The molecule has 1 fully saturated rings. The van der Waals surface area contributed by atoms with Crippen LogP contribution in [0.1, 0.15) is 12.0 Å². The van der Waals surface area contributed by atoms with Gasteiger partial charge in [-0.05, 0) is 47.5 Å². The highest BCUT2D eigenvalue weighted by Crippen LogP contribution is 2.24. The van der Waals surface area contributed by atoms with Crippen LogP contribution in [0.25, 0.3) is 0 Å². The fourth-order valence-electron chi connectivity index (χ4n) is 2.47. The van der Waals surface area contributed by atoms with Crippen LogP contribution >= 0.6 is 15.9 Å². The molecule has 1 atom stereocenters. The Labute approximate surface area is 144 Å². The van der Waals surface area contributed by atoms with Gasteiger partial charge in [0.1, 0.15) is 6.10 Å². The van der Waals surface area contributed by atoms with E-state index in [1.165, 1.54) is 4.31 Å². The molecule has 2 heterocycles. The van der Waals surface area contributed by atoms with Crippen molar-refractivity contribution in [3.8, 4) is 5.88 Å². The van der Waals surface area contributed by atoms with E-state index in [1.54, 1.807) is 24.4 Å². The second-order valence-corrected chi connectivity index (χ2v) is 8.37. The highest BCUT2D eigenvalue weighted by atomic mass is 79.9. The third-order valence-electron chi connectivity index (χ3n) is 3.75. The number of pyridine rings is 1. The Hall–Kier alpha value is -1.44. The molecular weight excluding hydrogens is 380 g/mol. The summed E-state index contributed by atoms with van der Waals surface area (Å²) in [6, 6.07) is 10.5. The molecule has 1 aromatic carbocycles. The lowest BCUT2D eigenvalue weighted by molar-refractivity contribution is 0.207. The minimum Gasteiger partial charge on any atom is -0.473 e. The molecule has 0 aliphatic carbocycles. The van der Waals surface area contributed by atoms with Crippen LogP contribution in [0.5, 0.6) is 5.88 Å². The van der Waals surface area contributed by atoms with Crippen molar-refractivity contribution in [1.29, 1.82) is 0 Å². The quantitative estimate of drug-likeness (QED) is 0.796. The van der Waals surface area contributed by atoms with E-state index in [0.29, 0.717) is 30.3 Å². The third kappa shape index (κ3) is 3.73. The average molecular weight is 397 g/mol. The molecule has 2 aromatic rings. The maximum absolute atomic E-state index is 12.6. The number of nitrogens with zero attached hydrogens (tertiary/aromatic N) is 2. The van der Waals surface area contributed by atoms with Gasteiger partial charge >= 0.3 is 0 Å². The van der Waals surface area contributed by atoms with E-state index in [1.807, 2.05) is 25.1 Å². The summed E-state index contributed by atoms with van der Waals surface area (Å²) in [5.74, 6) is 0.507. The second kappa shape index (κ2) is 6.59. The summed E-state index contributed by atoms with van der Waals surface area (Å²) in [6.07, 6.45) is 2.14. The van der Waals surface area contributed by atoms with Gasteiger partial charge in [0, 0.05) is 23.3 Å². The molecule has 7 heteroatoms. The smallest absolute Gasteiger partial charge is 0.243 e. The number of halogens is 1. The van der Waals surface area contributed by atoms with E-state index in [4.69, 9.17) is 4.74 Å². The van der Waals surface area contributed by atoms with Crippen LogP contribution in [-0.2, 0) is 10.0 Å². The Balaban J connectivity index is 1.69. The van der Waals surface area contributed by atoms with Crippen LogP contribution in [0.3, 0.4) is 0 Å². The predicted octanol–water partition coefficient (Wildman–Crippen LogP) is 2.99. The van der Waals surface area contributed by atoms with Crippen molar-refractivity contribution in [2.24, 2.45) is 0 Å². The van der Waals surface area contributed by atoms with E-state index in [-0.39, 0.29) is 6.10 Å². The highest BCUT2D eigenvalue weighted by Gasteiger charge is 2.33. The molecule has 0 bridgehead atoms. The van der Waals surface area contributed by atoms with E-state index < -0.39 is 10.0 Å². The molecule has 1 aromatic heterocycles. The molecule has 0 N–H and O–H groups in total. The lowest BCUT2D eigenvalue weighted by Crippen LogP contribution is -2.31. The van der Waals surface area contributed by atoms with Gasteiger partial charge in [-0.2, -0.15) is 4.31 Å². The molecule has 3 rings (SSSR count). The monoisotopic (exact) mass is 396 g/mol. The first-order valence-electron chi connectivity index (χ1n) is 7.30. The number of hydrogen-bond donors (Lipinski definition) is 0. The summed E-state index contributed by atoms with van der Waals surface area (Å²) in [4.78, 5) is 4.48. The Morgan fingerprint density at radius 2 is 1.96 bits per heavy atom. The van der Waals surface area contributed by atoms with Gasteiger partial charge in [-0.1, -0.05) is 17.7 Å². The van der Waals surface area contributed by atoms with Crippen molar-refractivity contribution in [3.63, 3.8) is 0 Å². The zero-order valence-corrected chi connectivity index (χ0v) is 15.0. The fourth-order valence-corrected chi connectivity index (χ4v) is 4.20. The summed E-state index contributed by atoms with van der Waals surface area (Å²) in [7, 11) is -3.46. The Morgan fingerprint density at radius 3 is 2.61 bits per heavy atom. The Kier molecular flexibility index (Phi) is 4.70. The first kappa shape index (κ1) is 16.4. The lowest BCUT2D eigenvalue weighted by atomic mass is 10.2. The van der Waals surface area contributed by atoms with Gasteiger partial charge in [0.05, 0.1) is 11.4 Å². The predicted molar refractivity (Wildman–Crippen MR) is 90.9 cm³/mol. The number of hydrogen-bond acceptors (Lipinski definition) is 4. The Bertz CT molecular complexity index is 776. The normalized spacial score (nSPS) is 19.0. The summed E-state index contributed by atoms with van der Waals surface area (Å²) < 4.78 is 33.4. The van der Waals surface area contributed by atoms with Crippen molar-refractivity contribution in [2.75, 3.05) is 13.1 Å². The van der Waals surface area contributed by atoms with Crippen molar-refractivity contribution < 1.29 is 13.2 Å². The third-order valence-corrected chi connectivity index (χ3v) is 6.10. The molecule has 1 saturated heterocycles. The number of rotatable bonds is 4. The fraction of sp³-hybridized carbons (Fsp3) is 0.312. The molecule has 0 amide bonds. The van der Waals surface area contributed by atoms with Gasteiger partial charge in [-0.25, -0.2) is 13.4 Å². The molecule has 5 nitrogen and oxygen atoms in total. The average Bonchev–Trinajstić information content (AvgIpc) is 2.99. The lowest BCUT2D eigenvalue weighted by Gasteiger charge is -2.17. The Morgan fingerprint density at radius 1 is 1.22 bits per heavy atom. The summed E-state index contributed by atoms with van der Waals surface area (Å²) >= 11 is 3.32. The molecule has 122 valence electrons. The van der Waals surface area contributed by atoms with Crippen LogP contribution in [0.4, 0.5) is 0 Å². The minimum absolute atomic E-state index is 0.177. The van der Waals surface area contributed by atoms with Crippen molar-refractivity contribution in [3.05, 3.63) is 52.6 Å². The maximum Gasteiger partial charge on any atom is 0.243 e. The van der Waals surface area contributed by atoms with Crippen molar-refractivity contribution in [2.45, 2.75) is 24.3 Å². The molecule has 1 aliphatic rings. The number of aryl methyl sites for hydroxylation is 1.